The Kier molecular flexibility index (Phi) is 6.04. The predicted octanol–water partition coefficient (Wildman–Crippen LogP) is 3.76. The Morgan fingerprint density at radius 1 is 1.33 bits per heavy atom. The van der Waals surface area contributed by atoms with Gasteiger partial charge in [0.25, 0.3) is 0 Å². The first-order valence-electron chi connectivity index (χ1n) is 8.53. The molecule has 1 fully saturated rings. The van der Waals surface area contributed by atoms with E-state index in [-0.39, 0.29) is 0 Å². The molecule has 0 spiro atoms. The lowest BCUT2D eigenvalue weighted by Crippen LogP contribution is -2.27. The minimum atomic E-state index is 0.811. The standard InChI is InChI=1S/C18H31N3/c1-5-19-12-17-13-20-15(4)11-18(17)21-9-6-7-16(8-10-21)14(2)3/h11,13-14,16,19H,5-10,12H2,1-4H3. The second-order valence-corrected chi connectivity index (χ2v) is 6.66. The maximum Gasteiger partial charge on any atom is 0.0445 e. The van der Waals surface area contributed by atoms with Crippen LogP contribution in [0, 0.1) is 18.8 Å². The zero-order chi connectivity index (χ0) is 15.2. The van der Waals surface area contributed by atoms with Gasteiger partial charge in [-0.25, -0.2) is 0 Å². The number of anilines is 1. The molecule has 3 heteroatoms. The van der Waals surface area contributed by atoms with Gasteiger partial charge >= 0.3 is 0 Å². The normalized spacial score (nSPS) is 19.9. The Bertz CT molecular complexity index is 442. The van der Waals surface area contributed by atoms with Crippen LogP contribution in [0.15, 0.2) is 12.3 Å². The molecule has 0 radical (unpaired) electrons. The van der Waals surface area contributed by atoms with E-state index in [0.29, 0.717) is 0 Å². The molecule has 1 aromatic rings. The molecule has 1 saturated heterocycles. The summed E-state index contributed by atoms with van der Waals surface area (Å²) >= 11 is 0. The van der Waals surface area contributed by atoms with Gasteiger partial charge in [0.15, 0.2) is 0 Å². The van der Waals surface area contributed by atoms with Crippen molar-refractivity contribution in [2.75, 3.05) is 24.5 Å². The smallest absolute Gasteiger partial charge is 0.0445 e. The summed E-state index contributed by atoms with van der Waals surface area (Å²) < 4.78 is 0. The van der Waals surface area contributed by atoms with Gasteiger partial charge in [-0.3, -0.25) is 4.98 Å². The molecule has 1 aliphatic rings. The quantitative estimate of drug-likeness (QED) is 0.894. The highest BCUT2D eigenvalue weighted by molar-refractivity contribution is 5.53. The zero-order valence-electron chi connectivity index (χ0n) is 14.2. The van der Waals surface area contributed by atoms with E-state index in [4.69, 9.17) is 0 Å². The first kappa shape index (κ1) is 16.3. The van der Waals surface area contributed by atoms with E-state index >= 15 is 0 Å². The third-order valence-corrected chi connectivity index (χ3v) is 4.72. The maximum atomic E-state index is 4.49. The van der Waals surface area contributed by atoms with Crippen LogP contribution in [0.2, 0.25) is 0 Å². The van der Waals surface area contributed by atoms with Crippen molar-refractivity contribution in [1.29, 1.82) is 0 Å². The van der Waals surface area contributed by atoms with Gasteiger partial charge in [-0.1, -0.05) is 20.8 Å². The van der Waals surface area contributed by atoms with E-state index in [1.165, 1.54) is 43.6 Å². The van der Waals surface area contributed by atoms with Crippen molar-refractivity contribution >= 4 is 5.69 Å². The van der Waals surface area contributed by atoms with Crippen molar-refractivity contribution in [3.05, 3.63) is 23.5 Å². The second kappa shape index (κ2) is 7.79. The van der Waals surface area contributed by atoms with Gasteiger partial charge in [0.1, 0.15) is 0 Å². The molecule has 0 saturated carbocycles. The van der Waals surface area contributed by atoms with Crippen molar-refractivity contribution in [2.24, 2.45) is 11.8 Å². The van der Waals surface area contributed by atoms with Crippen molar-refractivity contribution in [1.82, 2.24) is 10.3 Å². The highest BCUT2D eigenvalue weighted by Crippen LogP contribution is 2.29. The Morgan fingerprint density at radius 2 is 2.14 bits per heavy atom. The Hall–Kier alpha value is -1.09. The summed E-state index contributed by atoms with van der Waals surface area (Å²) in [5, 5.41) is 3.44. The summed E-state index contributed by atoms with van der Waals surface area (Å²) in [6, 6.07) is 2.27. The summed E-state index contributed by atoms with van der Waals surface area (Å²) in [5.74, 6) is 1.69. The molecule has 0 amide bonds. The Morgan fingerprint density at radius 3 is 2.86 bits per heavy atom. The monoisotopic (exact) mass is 289 g/mol. The number of hydrogen-bond donors (Lipinski definition) is 1. The van der Waals surface area contributed by atoms with Crippen LogP contribution in [0.5, 0.6) is 0 Å². The summed E-state index contributed by atoms with van der Waals surface area (Å²) in [4.78, 5) is 7.07. The number of aromatic nitrogens is 1. The largest absolute Gasteiger partial charge is 0.371 e. The third kappa shape index (κ3) is 4.44. The molecule has 1 aliphatic heterocycles. The Balaban J connectivity index is 2.14. The van der Waals surface area contributed by atoms with E-state index < -0.39 is 0 Å². The van der Waals surface area contributed by atoms with Crippen molar-refractivity contribution < 1.29 is 0 Å². The number of aryl methyl sites for hydroxylation is 1. The molecule has 2 rings (SSSR count). The van der Waals surface area contributed by atoms with Gasteiger partial charge in [0, 0.05) is 42.8 Å². The summed E-state index contributed by atoms with van der Waals surface area (Å²) in [7, 11) is 0. The first-order valence-corrected chi connectivity index (χ1v) is 8.53. The maximum absolute atomic E-state index is 4.49. The fraction of sp³-hybridized carbons (Fsp3) is 0.722. The number of nitrogens with zero attached hydrogens (tertiary/aromatic N) is 2. The topological polar surface area (TPSA) is 28.2 Å². The lowest BCUT2D eigenvalue weighted by Gasteiger charge is -2.26. The lowest BCUT2D eigenvalue weighted by atomic mass is 9.89. The number of hydrogen-bond acceptors (Lipinski definition) is 3. The molecule has 1 N–H and O–H groups in total. The van der Waals surface area contributed by atoms with E-state index in [2.05, 4.69) is 55.2 Å². The molecule has 0 bridgehead atoms. The molecule has 0 aliphatic carbocycles. The molecule has 2 heterocycles. The number of pyridine rings is 1. The summed E-state index contributed by atoms with van der Waals surface area (Å²) in [6.07, 6.45) is 6.06. The van der Waals surface area contributed by atoms with Crippen LogP contribution in [-0.2, 0) is 6.54 Å². The molecule has 1 atom stereocenters. The molecular formula is C18H31N3. The lowest BCUT2D eigenvalue weighted by molar-refractivity contribution is 0.351. The van der Waals surface area contributed by atoms with Crippen LogP contribution in [0.3, 0.4) is 0 Å². The van der Waals surface area contributed by atoms with Gasteiger partial charge in [-0.05, 0) is 50.6 Å². The van der Waals surface area contributed by atoms with Crippen molar-refractivity contribution in [2.45, 2.75) is 53.5 Å². The van der Waals surface area contributed by atoms with Crippen LogP contribution < -0.4 is 10.2 Å². The van der Waals surface area contributed by atoms with E-state index in [0.717, 1.165) is 30.6 Å². The van der Waals surface area contributed by atoms with Crippen LogP contribution in [0.25, 0.3) is 0 Å². The predicted molar refractivity (Wildman–Crippen MR) is 90.7 cm³/mol. The van der Waals surface area contributed by atoms with Gasteiger partial charge in [0.2, 0.25) is 0 Å². The van der Waals surface area contributed by atoms with E-state index in [1.807, 2.05) is 0 Å². The molecular weight excluding hydrogens is 258 g/mol. The molecule has 1 aromatic heterocycles. The average Bonchev–Trinajstić information content (AvgIpc) is 2.72. The molecule has 3 nitrogen and oxygen atoms in total. The minimum Gasteiger partial charge on any atom is -0.371 e. The number of rotatable bonds is 5. The number of nitrogens with one attached hydrogen (secondary N) is 1. The van der Waals surface area contributed by atoms with Gasteiger partial charge in [-0.15, -0.1) is 0 Å². The summed E-state index contributed by atoms with van der Waals surface area (Å²) in [5.41, 5.74) is 3.85. The van der Waals surface area contributed by atoms with Crippen LogP contribution in [0.1, 0.15) is 51.3 Å². The Labute approximate surface area is 130 Å². The fourth-order valence-electron chi connectivity index (χ4n) is 3.29. The first-order chi connectivity index (χ1) is 10.1. The van der Waals surface area contributed by atoms with Gasteiger partial charge in [0.05, 0.1) is 0 Å². The van der Waals surface area contributed by atoms with Gasteiger partial charge in [-0.2, -0.15) is 0 Å². The molecule has 1 unspecified atom stereocenters. The van der Waals surface area contributed by atoms with Crippen LogP contribution in [-0.4, -0.2) is 24.6 Å². The van der Waals surface area contributed by atoms with Crippen LogP contribution >= 0.6 is 0 Å². The third-order valence-electron chi connectivity index (χ3n) is 4.72. The average molecular weight is 289 g/mol. The van der Waals surface area contributed by atoms with Crippen molar-refractivity contribution in [3.63, 3.8) is 0 Å². The molecule has 118 valence electrons. The fourth-order valence-corrected chi connectivity index (χ4v) is 3.29. The molecule has 21 heavy (non-hydrogen) atoms. The van der Waals surface area contributed by atoms with E-state index in [1.54, 1.807) is 0 Å². The SMILES string of the molecule is CCNCc1cnc(C)cc1N1CCCC(C(C)C)CC1. The van der Waals surface area contributed by atoms with Crippen molar-refractivity contribution in [3.8, 4) is 0 Å². The highest BCUT2D eigenvalue weighted by atomic mass is 15.1. The minimum absolute atomic E-state index is 0.811. The highest BCUT2D eigenvalue weighted by Gasteiger charge is 2.21. The second-order valence-electron chi connectivity index (χ2n) is 6.66. The van der Waals surface area contributed by atoms with Gasteiger partial charge < -0.3 is 10.2 Å². The zero-order valence-corrected chi connectivity index (χ0v) is 14.2. The van der Waals surface area contributed by atoms with Crippen LogP contribution in [0.4, 0.5) is 5.69 Å². The van der Waals surface area contributed by atoms with E-state index in [9.17, 15) is 0 Å². The molecule has 0 aromatic carbocycles. The summed E-state index contributed by atoms with van der Waals surface area (Å²) in [6.45, 7) is 13.3.